The number of aryl methyl sites for hydroxylation is 1. The van der Waals surface area contributed by atoms with Gasteiger partial charge in [-0.25, -0.2) is 0 Å². The standard InChI is InChI=1S/C5H7BrN2S/c6-3-1-2-5-4-7-8-9-5/h4H,1-3H2. The molecule has 1 aromatic heterocycles. The molecule has 0 aliphatic rings. The normalized spacial score (nSPS) is 9.89. The van der Waals surface area contributed by atoms with E-state index in [0.29, 0.717) is 0 Å². The Balaban J connectivity index is 2.30. The summed E-state index contributed by atoms with van der Waals surface area (Å²) in [4.78, 5) is 1.27. The fourth-order valence-corrected chi connectivity index (χ4v) is 1.35. The van der Waals surface area contributed by atoms with Gasteiger partial charge in [-0.1, -0.05) is 20.4 Å². The molecule has 0 aromatic carbocycles. The molecule has 0 fully saturated rings. The Bertz CT molecular complexity index is 152. The lowest BCUT2D eigenvalue weighted by Gasteiger charge is -1.87. The summed E-state index contributed by atoms with van der Waals surface area (Å²) in [6.07, 6.45) is 4.10. The molecule has 0 spiro atoms. The number of hydrogen-bond donors (Lipinski definition) is 0. The lowest BCUT2D eigenvalue weighted by Crippen LogP contribution is -1.79. The second-order valence-corrected chi connectivity index (χ2v) is 3.34. The first-order chi connectivity index (χ1) is 4.43. The van der Waals surface area contributed by atoms with Gasteiger partial charge in [0.1, 0.15) is 0 Å². The zero-order valence-corrected chi connectivity index (χ0v) is 7.28. The third-order valence-corrected chi connectivity index (χ3v) is 2.24. The molecular weight excluding hydrogens is 200 g/mol. The van der Waals surface area contributed by atoms with Crippen molar-refractivity contribution in [3.63, 3.8) is 0 Å². The highest BCUT2D eigenvalue weighted by atomic mass is 79.9. The molecule has 0 atom stereocenters. The van der Waals surface area contributed by atoms with Gasteiger partial charge in [0.15, 0.2) is 0 Å². The Kier molecular flexibility index (Phi) is 3.14. The van der Waals surface area contributed by atoms with E-state index in [4.69, 9.17) is 0 Å². The van der Waals surface area contributed by atoms with Gasteiger partial charge in [0, 0.05) is 10.2 Å². The molecule has 0 N–H and O–H groups in total. The number of nitrogens with zero attached hydrogens (tertiary/aromatic N) is 2. The second-order valence-electron chi connectivity index (χ2n) is 1.68. The molecule has 1 aromatic rings. The SMILES string of the molecule is BrCCCc1cnns1. The molecule has 4 heteroatoms. The van der Waals surface area contributed by atoms with E-state index in [1.165, 1.54) is 22.8 Å². The fraction of sp³-hybridized carbons (Fsp3) is 0.600. The molecule has 0 unspecified atom stereocenters. The van der Waals surface area contributed by atoms with Crippen LogP contribution in [0.3, 0.4) is 0 Å². The van der Waals surface area contributed by atoms with Crippen LogP contribution in [0.15, 0.2) is 6.20 Å². The van der Waals surface area contributed by atoms with Gasteiger partial charge in [-0.15, -0.1) is 5.10 Å². The van der Waals surface area contributed by atoms with Gasteiger partial charge in [-0.05, 0) is 24.4 Å². The molecule has 0 saturated carbocycles. The minimum absolute atomic E-state index is 1.06. The molecule has 0 amide bonds. The monoisotopic (exact) mass is 206 g/mol. The number of aromatic nitrogens is 2. The van der Waals surface area contributed by atoms with E-state index < -0.39 is 0 Å². The van der Waals surface area contributed by atoms with Crippen molar-refractivity contribution < 1.29 is 0 Å². The van der Waals surface area contributed by atoms with Crippen molar-refractivity contribution in [2.45, 2.75) is 12.8 Å². The Morgan fingerprint density at radius 1 is 1.67 bits per heavy atom. The first-order valence-corrected chi connectivity index (χ1v) is 4.65. The average molecular weight is 207 g/mol. The maximum Gasteiger partial charge on any atom is 0.0653 e. The molecule has 2 nitrogen and oxygen atoms in total. The van der Waals surface area contributed by atoms with E-state index in [0.717, 1.165) is 11.8 Å². The predicted octanol–water partition coefficient (Wildman–Crippen LogP) is 1.87. The summed E-state index contributed by atoms with van der Waals surface area (Å²) in [5, 5.41) is 4.79. The zero-order valence-electron chi connectivity index (χ0n) is 4.88. The largest absolute Gasteiger partial charge is 0.146 e. The van der Waals surface area contributed by atoms with Crippen LogP contribution in [0.4, 0.5) is 0 Å². The van der Waals surface area contributed by atoms with Crippen molar-refractivity contribution in [3.05, 3.63) is 11.1 Å². The second kappa shape index (κ2) is 3.95. The van der Waals surface area contributed by atoms with Crippen LogP contribution in [0, 0.1) is 0 Å². The fourth-order valence-electron chi connectivity index (χ4n) is 0.539. The van der Waals surface area contributed by atoms with Gasteiger partial charge in [0.2, 0.25) is 0 Å². The highest BCUT2D eigenvalue weighted by Gasteiger charge is 1.92. The number of halogens is 1. The summed E-state index contributed by atoms with van der Waals surface area (Å²) >= 11 is 4.84. The molecule has 0 bridgehead atoms. The van der Waals surface area contributed by atoms with E-state index in [2.05, 4.69) is 25.5 Å². The van der Waals surface area contributed by atoms with Crippen LogP contribution in [0.2, 0.25) is 0 Å². The minimum atomic E-state index is 1.06. The van der Waals surface area contributed by atoms with Crippen LogP contribution in [0.1, 0.15) is 11.3 Å². The third-order valence-electron chi connectivity index (χ3n) is 0.964. The van der Waals surface area contributed by atoms with Crippen LogP contribution < -0.4 is 0 Å². The highest BCUT2D eigenvalue weighted by Crippen LogP contribution is 2.05. The summed E-state index contributed by atoms with van der Waals surface area (Å²) < 4.78 is 3.75. The summed E-state index contributed by atoms with van der Waals surface area (Å²) in [5.41, 5.74) is 0. The van der Waals surface area contributed by atoms with Crippen LogP contribution in [0.25, 0.3) is 0 Å². The first kappa shape index (κ1) is 7.15. The Morgan fingerprint density at radius 2 is 2.56 bits per heavy atom. The molecule has 1 heterocycles. The van der Waals surface area contributed by atoms with Crippen molar-refractivity contribution >= 4 is 27.5 Å². The third kappa shape index (κ3) is 2.41. The maximum absolute atomic E-state index is 3.75. The molecule has 0 saturated heterocycles. The van der Waals surface area contributed by atoms with Crippen LogP contribution in [-0.2, 0) is 6.42 Å². The Labute approximate surface area is 66.6 Å². The van der Waals surface area contributed by atoms with Crippen molar-refractivity contribution in [2.24, 2.45) is 0 Å². The highest BCUT2D eigenvalue weighted by molar-refractivity contribution is 9.09. The van der Waals surface area contributed by atoms with Gasteiger partial charge in [-0.2, -0.15) is 0 Å². The summed E-state index contributed by atoms with van der Waals surface area (Å²) in [6, 6.07) is 0. The van der Waals surface area contributed by atoms with E-state index in [1.807, 2.05) is 6.20 Å². The van der Waals surface area contributed by atoms with Crippen molar-refractivity contribution in [2.75, 3.05) is 5.33 Å². The lowest BCUT2D eigenvalue weighted by molar-refractivity contribution is 0.953. The van der Waals surface area contributed by atoms with E-state index in [1.54, 1.807) is 0 Å². The van der Waals surface area contributed by atoms with Gasteiger partial charge >= 0.3 is 0 Å². The number of alkyl halides is 1. The Morgan fingerprint density at radius 3 is 3.11 bits per heavy atom. The van der Waals surface area contributed by atoms with Crippen LogP contribution in [0.5, 0.6) is 0 Å². The smallest absolute Gasteiger partial charge is 0.0653 e. The average Bonchev–Trinajstić information content (AvgIpc) is 2.34. The zero-order chi connectivity index (χ0) is 6.53. The maximum atomic E-state index is 3.75. The molecule has 9 heavy (non-hydrogen) atoms. The molecule has 1 rings (SSSR count). The number of rotatable bonds is 3. The predicted molar refractivity (Wildman–Crippen MR) is 42.0 cm³/mol. The van der Waals surface area contributed by atoms with Crippen LogP contribution in [-0.4, -0.2) is 14.9 Å². The quantitative estimate of drug-likeness (QED) is 0.707. The van der Waals surface area contributed by atoms with E-state index >= 15 is 0 Å². The van der Waals surface area contributed by atoms with Gasteiger partial charge in [-0.3, -0.25) is 0 Å². The molecular formula is C5H7BrN2S. The van der Waals surface area contributed by atoms with Gasteiger partial charge in [0.05, 0.1) is 6.20 Å². The van der Waals surface area contributed by atoms with E-state index in [-0.39, 0.29) is 0 Å². The van der Waals surface area contributed by atoms with Crippen molar-refractivity contribution in [3.8, 4) is 0 Å². The summed E-state index contributed by atoms with van der Waals surface area (Å²) in [7, 11) is 0. The molecule has 0 aliphatic heterocycles. The van der Waals surface area contributed by atoms with Gasteiger partial charge in [0.25, 0.3) is 0 Å². The summed E-state index contributed by atoms with van der Waals surface area (Å²) in [5.74, 6) is 0. The van der Waals surface area contributed by atoms with Crippen molar-refractivity contribution in [1.29, 1.82) is 0 Å². The molecule has 50 valence electrons. The number of hydrogen-bond acceptors (Lipinski definition) is 3. The minimum Gasteiger partial charge on any atom is -0.146 e. The van der Waals surface area contributed by atoms with Crippen molar-refractivity contribution in [1.82, 2.24) is 9.59 Å². The van der Waals surface area contributed by atoms with Gasteiger partial charge < -0.3 is 0 Å². The van der Waals surface area contributed by atoms with Crippen LogP contribution >= 0.6 is 27.5 Å². The molecule has 0 aliphatic carbocycles. The first-order valence-electron chi connectivity index (χ1n) is 2.75. The topological polar surface area (TPSA) is 25.8 Å². The summed E-state index contributed by atoms with van der Waals surface area (Å²) in [6.45, 7) is 0. The molecule has 0 radical (unpaired) electrons. The Hall–Kier alpha value is 0.0400. The lowest BCUT2D eigenvalue weighted by atomic mass is 10.3. The van der Waals surface area contributed by atoms with E-state index in [9.17, 15) is 0 Å².